The van der Waals surface area contributed by atoms with Crippen molar-refractivity contribution >= 4 is 17.5 Å². The molecule has 2 nitrogen and oxygen atoms in total. The molecule has 0 aromatic rings. The summed E-state index contributed by atoms with van der Waals surface area (Å²) in [6.07, 6.45) is 3.46. The van der Waals surface area contributed by atoms with Crippen LogP contribution in [-0.4, -0.2) is 29.3 Å². The summed E-state index contributed by atoms with van der Waals surface area (Å²) < 4.78 is 0. The van der Waals surface area contributed by atoms with Crippen LogP contribution in [0.25, 0.3) is 0 Å². The van der Waals surface area contributed by atoms with E-state index in [1.807, 2.05) is 4.90 Å². The second-order valence-corrected chi connectivity index (χ2v) is 4.65. The minimum atomic E-state index is 0.323. The predicted octanol–water partition coefficient (Wildman–Crippen LogP) is 1.87. The molecule has 0 radical (unpaired) electrons. The van der Waals surface area contributed by atoms with Crippen LogP contribution in [-0.2, 0) is 4.79 Å². The topological polar surface area (TPSA) is 20.3 Å². The Bertz CT molecular complexity index is 215. The average Bonchev–Trinajstić information content (AvgIpc) is 2.93. The molecule has 0 saturated heterocycles. The van der Waals surface area contributed by atoms with Crippen molar-refractivity contribution in [1.82, 2.24) is 4.90 Å². The molecule has 1 amide bonds. The third-order valence-electron chi connectivity index (χ3n) is 3.02. The number of alkyl halides is 1. The first-order valence-corrected chi connectivity index (χ1v) is 5.64. The van der Waals surface area contributed by atoms with E-state index in [-0.39, 0.29) is 0 Å². The van der Waals surface area contributed by atoms with Crippen LogP contribution in [0.5, 0.6) is 0 Å². The lowest BCUT2D eigenvalue weighted by Gasteiger charge is -2.21. The van der Waals surface area contributed by atoms with Gasteiger partial charge in [0.15, 0.2) is 0 Å². The Kier molecular flexibility index (Phi) is 2.50. The molecule has 2 saturated carbocycles. The average molecular weight is 202 g/mol. The number of rotatable bonds is 4. The Morgan fingerprint density at radius 1 is 1.54 bits per heavy atom. The lowest BCUT2D eigenvalue weighted by atomic mass is 10.3. The smallest absolute Gasteiger partial charge is 0.226 e. The predicted molar refractivity (Wildman–Crippen MR) is 52.7 cm³/mol. The fourth-order valence-electron chi connectivity index (χ4n) is 1.83. The largest absolute Gasteiger partial charge is 0.338 e. The first-order valence-electron chi connectivity index (χ1n) is 5.10. The summed E-state index contributed by atoms with van der Waals surface area (Å²) in [7, 11) is 0. The van der Waals surface area contributed by atoms with Crippen molar-refractivity contribution in [1.29, 1.82) is 0 Å². The van der Waals surface area contributed by atoms with Gasteiger partial charge in [0.1, 0.15) is 0 Å². The van der Waals surface area contributed by atoms with Gasteiger partial charge in [-0.25, -0.2) is 0 Å². The molecule has 0 aromatic heterocycles. The molecule has 0 aliphatic heterocycles. The number of amides is 1. The summed E-state index contributed by atoms with van der Waals surface area (Å²) in [6.45, 7) is 2.89. The van der Waals surface area contributed by atoms with E-state index < -0.39 is 0 Å². The van der Waals surface area contributed by atoms with Gasteiger partial charge < -0.3 is 4.90 Å². The molecule has 0 N–H and O–H groups in total. The fourth-order valence-corrected chi connectivity index (χ4v) is 2.01. The summed E-state index contributed by atoms with van der Waals surface area (Å²) in [5.74, 6) is 1.87. The van der Waals surface area contributed by atoms with Crippen molar-refractivity contribution in [3.8, 4) is 0 Å². The first kappa shape index (κ1) is 9.32. The van der Waals surface area contributed by atoms with Gasteiger partial charge in [0.05, 0.1) is 0 Å². The van der Waals surface area contributed by atoms with E-state index in [0.29, 0.717) is 29.7 Å². The maximum Gasteiger partial charge on any atom is 0.226 e. The summed E-state index contributed by atoms with van der Waals surface area (Å²) in [6, 6.07) is 0.527. The third kappa shape index (κ3) is 1.98. The molecule has 2 aliphatic rings. The standard InChI is InChI=1S/C10H16ClNO/c1-7-6-9(7)10(13)12(5-4-11)8-2-3-8/h7-9H,2-6H2,1H3. The lowest BCUT2D eigenvalue weighted by molar-refractivity contribution is -0.133. The van der Waals surface area contributed by atoms with E-state index in [4.69, 9.17) is 11.6 Å². The first-order chi connectivity index (χ1) is 6.24. The molecule has 3 heteroatoms. The monoisotopic (exact) mass is 201 g/mol. The van der Waals surface area contributed by atoms with E-state index in [2.05, 4.69) is 6.92 Å². The molecule has 2 rings (SSSR count). The molecule has 2 unspecified atom stereocenters. The SMILES string of the molecule is CC1CC1C(=O)N(CCCl)C1CC1. The molecular formula is C10H16ClNO. The van der Waals surface area contributed by atoms with Crippen molar-refractivity contribution < 1.29 is 4.79 Å². The highest BCUT2D eigenvalue weighted by Crippen LogP contribution is 2.41. The van der Waals surface area contributed by atoms with Gasteiger partial charge in [0.25, 0.3) is 0 Å². The number of carbonyl (C=O) groups excluding carboxylic acids is 1. The number of carbonyl (C=O) groups is 1. The zero-order chi connectivity index (χ0) is 9.42. The minimum absolute atomic E-state index is 0.323. The summed E-state index contributed by atoms with van der Waals surface area (Å²) in [4.78, 5) is 13.9. The van der Waals surface area contributed by atoms with Gasteiger partial charge in [-0.1, -0.05) is 6.92 Å². The number of nitrogens with zero attached hydrogens (tertiary/aromatic N) is 1. The van der Waals surface area contributed by atoms with Crippen LogP contribution < -0.4 is 0 Å². The molecular weight excluding hydrogens is 186 g/mol. The molecule has 13 heavy (non-hydrogen) atoms. The summed E-state index contributed by atoms with van der Waals surface area (Å²) in [5.41, 5.74) is 0. The highest BCUT2D eigenvalue weighted by molar-refractivity contribution is 6.18. The van der Waals surface area contributed by atoms with Crippen LogP contribution in [0.2, 0.25) is 0 Å². The van der Waals surface area contributed by atoms with Gasteiger partial charge in [-0.2, -0.15) is 0 Å². The maximum atomic E-state index is 11.9. The second-order valence-electron chi connectivity index (χ2n) is 4.27. The maximum absolute atomic E-state index is 11.9. The quantitative estimate of drug-likeness (QED) is 0.636. The zero-order valence-electron chi connectivity index (χ0n) is 8.00. The van der Waals surface area contributed by atoms with Gasteiger partial charge in [0.2, 0.25) is 5.91 Å². The van der Waals surface area contributed by atoms with Gasteiger partial charge in [-0.15, -0.1) is 11.6 Å². The van der Waals surface area contributed by atoms with Crippen LogP contribution in [0, 0.1) is 11.8 Å². The van der Waals surface area contributed by atoms with E-state index in [9.17, 15) is 4.79 Å². The highest BCUT2D eigenvalue weighted by atomic mass is 35.5. The Balaban J connectivity index is 1.90. The van der Waals surface area contributed by atoms with E-state index in [1.54, 1.807) is 0 Å². The normalized spacial score (nSPS) is 31.5. The van der Waals surface area contributed by atoms with Gasteiger partial charge >= 0.3 is 0 Å². The van der Waals surface area contributed by atoms with Crippen LogP contribution in [0.4, 0.5) is 0 Å². The zero-order valence-corrected chi connectivity index (χ0v) is 8.76. The van der Waals surface area contributed by atoms with Crippen molar-refractivity contribution in [3.05, 3.63) is 0 Å². The molecule has 0 aromatic carbocycles. The van der Waals surface area contributed by atoms with Crippen molar-refractivity contribution in [2.45, 2.75) is 32.2 Å². The molecule has 2 aliphatic carbocycles. The van der Waals surface area contributed by atoms with Crippen LogP contribution in [0.15, 0.2) is 0 Å². The highest BCUT2D eigenvalue weighted by Gasteiger charge is 2.44. The Hall–Kier alpha value is -0.240. The molecule has 2 fully saturated rings. The summed E-state index contributed by atoms with van der Waals surface area (Å²) >= 11 is 5.68. The number of halogens is 1. The van der Waals surface area contributed by atoms with Gasteiger partial charge in [-0.05, 0) is 25.2 Å². The number of hydrogen-bond donors (Lipinski definition) is 0. The Morgan fingerprint density at radius 3 is 2.54 bits per heavy atom. The molecule has 0 spiro atoms. The van der Waals surface area contributed by atoms with E-state index in [0.717, 1.165) is 13.0 Å². The minimum Gasteiger partial charge on any atom is -0.338 e. The van der Waals surface area contributed by atoms with E-state index in [1.165, 1.54) is 12.8 Å². The van der Waals surface area contributed by atoms with Gasteiger partial charge in [-0.3, -0.25) is 4.79 Å². The second kappa shape index (κ2) is 3.49. The molecule has 0 bridgehead atoms. The molecule has 2 atom stereocenters. The fraction of sp³-hybridized carbons (Fsp3) is 0.900. The Labute approximate surface area is 84.2 Å². The molecule has 0 heterocycles. The molecule has 74 valence electrons. The van der Waals surface area contributed by atoms with Gasteiger partial charge in [0, 0.05) is 24.4 Å². The van der Waals surface area contributed by atoms with Crippen molar-refractivity contribution in [3.63, 3.8) is 0 Å². The van der Waals surface area contributed by atoms with Crippen LogP contribution in [0.1, 0.15) is 26.2 Å². The Morgan fingerprint density at radius 2 is 2.15 bits per heavy atom. The van der Waals surface area contributed by atoms with E-state index >= 15 is 0 Å². The van der Waals surface area contributed by atoms with Crippen LogP contribution >= 0.6 is 11.6 Å². The van der Waals surface area contributed by atoms with Crippen molar-refractivity contribution in [2.75, 3.05) is 12.4 Å². The van der Waals surface area contributed by atoms with Crippen molar-refractivity contribution in [2.24, 2.45) is 11.8 Å². The number of hydrogen-bond acceptors (Lipinski definition) is 1. The third-order valence-corrected chi connectivity index (χ3v) is 3.19. The lowest BCUT2D eigenvalue weighted by Crippen LogP contribution is -2.36. The van der Waals surface area contributed by atoms with Crippen LogP contribution in [0.3, 0.4) is 0 Å². The summed E-state index contributed by atoms with van der Waals surface area (Å²) in [5, 5.41) is 0.